The van der Waals surface area contributed by atoms with Crippen LogP contribution >= 0.6 is 0 Å². The Balaban J connectivity index is 2.01. The molecule has 0 saturated carbocycles. The summed E-state index contributed by atoms with van der Waals surface area (Å²) in [5.41, 5.74) is 0.807. The molecule has 38 heavy (non-hydrogen) atoms. The molecule has 9 nitrogen and oxygen atoms in total. The molecular formula is C25H24F3NO8S. The van der Waals surface area contributed by atoms with E-state index in [1.54, 1.807) is 24.3 Å². The molecule has 0 aliphatic carbocycles. The van der Waals surface area contributed by atoms with Gasteiger partial charge in [-0.05, 0) is 54.1 Å². The Morgan fingerprint density at radius 2 is 1.39 bits per heavy atom. The van der Waals surface area contributed by atoms with Gasteiger partial charge in [0.25, 0.3) is 10.0 Å². The molecule has 0 aliphatic rings. The van der Waals surface area contributed by atoms with Crippen LogP contribution in [0.1, 0.15) is 11.1 Å². The van der Waals surface area contributed by atoms with Crippen LogP contribution in [0.25, 0.3) is 12.2 Å². The highest BCUT2D eigenvalue weighted by atomic mass is 32.2. The highest BCUT2D eigenvalue weighted by molar-refractivity contribution is 7.92. The summed E-state index contributed by atoms with van der Waals surface area (Å²) in [6.45, 7) is 0. The van der Waals surface area contributed by atoms with E-state index in [0.717, 1.165) is 24.3 Å². The predicted molar refractivity (Wildman–Crippen MR) is 134 cm³/mol. The standard InChI is InChI=1S/C25H24F3NO8S/c1-33-20-13-15(14-21(34-2)24(20)36-4)5-6-16-7-12-19(30)23(35-3)22(16)29-38(31,32)18-10-8-17(9-11-18)37-25(26,27)28/h5-14,29-30H,1-4H3. The quantitative estimate of drug-likeness (QED) is 0.325. The average molecular weight is 556 g/mol. The highest BCUT2D eigenvalue weighted by Crippen LogP contribution is 2.41. The SMILES string of the molecule is COc1cc(C=Cc2ccc(O)c(OC)c2NS(=O)(=O)c2ccc(OC(F)(F)F)cc2)cc(OC)c1OC. The second-order valence-electron chi connectivity index (χ2n) is 7.50. The van der Waals surface area contributed by atoms with Gasteiger partial charge in [0, 0.05) is 5.56 Å². The van der Waals surface area contributed by atoms with Crippen molar-refractivity contribution in [3.63, 3.8) is 0 Å². The molecule has 0 bridgehead atoms. The van der Waals surface area contributed by atoms with Crippen molar-refractivity contribution in [2.45, 2.75) is 11.3 Å². The lowest BCUT2D eigenvalue weighted by atomic mass is 10.1. The van der Waals surface area contributed by atoms with Gasteiger partial charge in [-0.15, -0.1) is 13.2 Å². The maximum absolute atomic E-state index is 13.1. The van der Waals surface area contributed by atoms with Gasteiger partial charge in [-0.3, -0.25) is 4.72 Å². The Labute approximate surface area is 217 Å². The lowest BCUT2D eigenvalue weighted by Gasteiger charge is -2.16. The summed E-state index contributed by atoms with van der Waals surface area (Å²) >= 11 is 0. The van der Waals surface area contributed by atoms with Crippen LogP contribution in [0.2, 0.25) is 0 Å². The van der Waals surface area contributed by atoms with Crippen LogP contribution in [0.3, 0.4) is 0 Å². The highest BCUT2D eigenvalue weighted by Gasteiger charge is 2.31. The van der Waals surface area contributed by atoms with Crippen LogP contribution in [0, 0.1) is 0 Å². The molecule has 0 atom stereocenters. The number of ether oxygens (including phenoxy) is 5. The van der Waals surface area contributed by atoms with Crippen molar-refractivity contribution in [3.8, 4) is 34.5 Å². The molecule has 204 valence electrons. The van der Waals surface area contributed by atoms with Crippen LogP contribution in [-0.4, -0.2) is 48.3 Å². The Kier molecular flexibility index (Phi) is 8.51. The van der Waals surface area contributed by atoms with Crippen LogP contribution in [-0.2, 0) is 10.0 Å². The van der Waals surface area contributed by atoms with Gasteiger partial charge in [-0.25, -0.2) is 8.42 Å². The smallest absolute Gasteiger partial charge is 0.504 e. The molecule has 3 rings (SSSR count). The normalized spacial score (nSPS) is 11.8. The number of anilines is 1. The van der Waals surface area contributed by atoms with Crippen molar-refractivity contribution in [2.24, 2.45) is 0 Å². The molecule has 0 spiro atoms. The van der Waals surface area contributed by atoms with Gasteiger partial charge in [0.15, 0.2) is 23.0 Å². The number of methoxy groups -OCH3 is 4. The van der Waals surface area contributed by atoms with Crippen molar-refractivity contribution >= 4 is 27.9 Å². The summed E-state index contributed by atoms with van der Waals surface area (Å²) in [6.07, 6.45) is -1.73. The Morgan fingerprint density at radius 3 is 1.89 bits per heavy atom. The number of hydrogen-bond acceptors (Lipinski definition) is 8. The number of phenolic OH excluding ortho intramolecular Hbond substituents is 1. The zero-order chi connectivity index (χ0) is 28.1. The van der Waals surface area contributed by atoms with Crippen molar-refractivity contribution in [2.75, 3.05) is 33.2 Å². The van der Waals surface area contributed by atoms with E-state index in [0.29, 0.717) is 28.4 Å². The van der Waals surface area contributed by atoms with Gasteiger partial charge >= 0.3 is 6.36 Å². The van der Waals surface area contributed by atoms with Crippen molar-refractivity contribution in [1.29, 1.82) is 0 Å². The van der Waals surface area contributed by atoms with E-state index in [2.05, 4.69) is 9.46 Å². The number of hydrogen-bond donors (Lipinski definition) is 2. The van der Waals surface area contributed by atoms with Gasteiger partial charge in [0.05, 0.1) is 33.3 Å². The molecule has 2 N–H and O–H groups in total. The zero-order valence-corrected chi connectivity index (χ0v) is 21.4. The van der Waals surface area contributed by atoms with E-state index in [4.69, 9.17) is 18.9 Å². The fraction of sp³-hybridized carbons (Fsp3) is 0.200. The number of aromatic hydroxyl groups is 1. The molecule has 0 aliphatic heterocycles. The summed E-state index contributed by atoms with van der Waals surface area (Å²) in [5.74, 6) is 0.0861. The van der Waals surface area contributed by atoms with Crippen LogP contribution in [0.4, 0.5) is 18.9 Å². The predicted octanol–water partition coefficient (Wildman–Crippen LogP) is 5.30. The van der Waals surface area contributed by atoms with Gasteiger partial charge in [-0.2, -0.15) is 0 Å². The fourth-order valence-electron chi connectivity index (χ4n) is 3.44. The van der Waals surface area contributed by atoms with Gasteiger partial charge in [0.1, 0.15) is 11.4 Å². The molecule has 0 saturated heterocycles. The molecular weight excluding hydrogens is 531 g/mol. The third kappa shape index (κ3) is 6.54. The van der Waals surface area contributed by atoms with E-state index < -0.39 is 22.1 Å². The van der Waals surface area contributed by atoms with E-state index in [9.17, 15) is 26.7 Å². The number of phenols is 1. The number of alkyl halides is 3. The van der Waals surface area contributed by atoms with Gasteiger partial charge in [0.2, 0.25) is 5.75 Å². The first kappa shape index (κ1) is 28.3. The Hall–Kier alpha value is -4.26. The first-order valence-corrected chi connectivity index (χ1v) is 12.2. The Bertz CT molecular complexity index is 1400. The second-order valence-corrected chi connectivity index (χ2v) is 9.18. The van der Waals surface area contributed by atoms with Crippen molar-refractivity contribution in [1.82, 2.24) is 0 Å². The molecule has 13 heteroatoms. The molecule has 0 heterocycles. The van der Waals surface area contributed by atoms with E-state index in [-0.39, 0.29) is 22.1 Å². The molecule has 0 unspecified atom stereocenters. The minimum Gasteiger partial charge on any atom is -0.504 e. The largest absolute Gasteiger partial charge is 0.573 e. The first-order chi connectivity index (χ1) is 17.9. The summed E-state index contributed by atoms with van der Waals surface area (Å²) in [5, 5.41) is 10.3. The number of benzene rings is 3. The molecule has 3 aromatic rings. The summed E-state index contributed by atoms with van der Waals surface area (Å²) in [7, 11) is 1.30. The monoisotopic (exact) mass is 555 g/mol. The summed E-state index contributed by atoms with van der Waals surface area (Å²) in [4.78, 5) is -0.350. The minimum absolute atomic E-state index is 0.105. The molecule has 3 aromatic carbocycles. The third-order valence-electron chi connectivity index (χ3n) is 5.12. The fourth-order valence-corrected chi connectivity index (χ4v) is 4.53. The summed E-state index contributed by atoms with van der Waals surface area (Å²) < 4.78 is 90.7. The van der Waals surface area contributed by atoms with E-state index in [1.165, 1.54) is 40.6 Å². The molecule has 0 aromatic heterocycles. The number of halogens is 3. The van der Waals surface area contributed by atoms with Gasteiger partial charge in [-0.1, -0.05) is 12.2 Å². The molecule has 0 amide bonds. The summed E-state index contributed by atoms with van der Waals surface area (Å²) in [6, 6.07) is 9.74. The zero-order valence-electron chi connectivity index (χ0n) is 20.6. The van der Waals surface area contributed by atoms with Crippen LogP contribution in [0.15, 0.2) is 53.4 Å². The molecule has 0 radical (unpaired) electrons. The lowest BCUT2D eigenvalue weighted by Crippen LogP contribution is -2.17. The minimum atomic E-state index is -4.92. The number of rotatable bonds is 10. The Morgan fingerprint density at radius 1 is 0.816 bits per heavy atom. The third-order valence-corrected chi connectivity index (χ3v) is 6.49. The van der Waals surface area contributed by atoms with Crippen molar-refractivity contribution < 1.29 is 50.4 Å². The number of sulfonamides is 1. The maximum atomic E-state index is 13.1. The molecule has 0 fully saturated rings. The topological polar surface area (TPSA) is 113 Å². The maximum Gasteiger partial charge on any atom is 0.573 e. The van der Waals surface area contributed by atoms with E-state index in [1.807, 2.05) is 0 Å². The lowest BCUT2D eigenvalue weighted by molar-refractivity contribution is -0.274. The number of nitrogens with one attached hydrogen (secondary N) is 1. The van der Waals surface area contributed by atoms with Crippen LogP contribution < -0.4 is 28.4 Å². The second kappa shape index (κ2) is 11.4. The van der Waals surface area contributed by atoms with Gasteiger partial charge < -0.3 is 28.8 Å². The first-order valence-electron chi connectivity index (χ1n) is 10.7. The van der Waals surface area contributed by atoms with E-state index >= 15 is 0 Å². The van der Waals surface area contributed by atoms with Crippen molar-refractivity contribution in [3.05, 3.63) is 59.7 Å². The van der Waals surface area contributed by atoms with Crippen LogP contribution in [0.5, 0.6) is 34.5 Å². The average Bonchev–Trinajstić information content (AvgIpc) is 2.86.